The van der Waals surface area contributed by atoms with Crippen molar-refractivity contribution in [1.29, 1.82) is 0 Å². The van der Waals surface area contributed by atoms with Gasteiger partial charge in [-0.3, -0.25) is 15.6 Å². The maximum absolute atomic E-state index is 12.4. The molecule has 0 radical (unpaired) electrons. The molecule has 2 N–H and O–H groups in total. The van der Waals surface area contributed by atoms with Crippen molar-refractivity contribution in [2.75, 3.05) is 27.9 Å². The lowest BCUT2D eigenvalue weighted by Crippen LogP contribution is -2.48. The quantitative estimate of drug-likeness (QED) is 0.705. The number of fused-ring (bicyclic) bond motifs is 1. The van der Waals surface area contributed by atoms with Gasteiger partial charge in [-0.25, -0.2) is 0 Å². The van der Waals surface area contributed by atoms with Crippen molar-refractivity contribution in [2.45, 2.75) is 6.10 Å². The van der Waals surface area contributed by atoms with Gasteiger partial charge in [-0.1, -0.05) is 18.7 Å². The van der Waals surface area contributed by atoms with Crippen LogP contribution in [0, 0.1) is 0 Å². The summed E-state index contributed by atoms with van der Waals surface area (Å²) in [5.74, 6) is 2.18. The van der Waals surface area contributed by atoms with Crippen LogP contribution in [0.4, 0.5) is 0 Å². The zero-order chi connectivity index (χ0) is 20.1. The second kappa shape index (κ2) is 8.43. The number of hydrogen-bond donors (Lipinski definition) is 2. The third kappa shape index (κ3) is 3.90. The van der Waals surface area contributed by atoms with Gasteiger partial charge >= 0.3 is 0 Å². The van der Waals surface area contributed by atoms with Crippen molar-refractivity contribution in [3.63, 3.8) is 0 Å². The zero-order valence-corrected chi connectivity index (χ0v) is 15.9. The molecule has 0 fully saturated rings. The highest BCUT2D eigenvalue weighted by Gasteiger charge is 2.27. The van der Waals surface area contributed by atoms with Crippen LogP contribution in [0.25, 0.3) is 5.70 Å². The van der Waals surface area contributed by atoms with Gasteiger partial charge in [0.15, 0.2) is 23.0 Å². The number of nitrogens with one attached hydrogen (secondary N) is 2. The highest BCUT2D eigenvalue weighted by Crippen LogP contribution is 2.39. The second-order valence-corrected chi connectivity index (χ2v) is 5.87. The van der Waals surface area contributed by atoms with Gasteiger partial charge < -0.3 is 23.7 Å². The number of benzene rings is 2. The second-order valence-electron chi connectivity index (χ2n) is 5.87. The van der Waals surface area contributed by atoms with E-state index in [0.29, 0.717) is 40.0 Å². The Kier molecular flexibility index (Phi) is 5.78. The van der Waals surface area contributed by atoms with Crippen molar-refractivity contribution >= 4 is 11.6 Å². The van der Waals surface area contributed by atoms with Crippen LogP contribution in [-0.2, 0) is 4.79 Å². The molecule has 1 aliphatic heterocycles. The van der Waals surface area contributed by atoms with Gasteiger partial charge in [-0.2, -0.15) is 0 Å². The van der Waals surface area contributed by atoms with Crippen molar-refractivity contribution in [3.05, 3.63) is 48.5 Å². The molecule has 0 aliphatic carbocycles. The highest BCUT2D eigenvalue weighted by atomic mass is 16.6. The van der Waals surface area contributed by atoms with E-state index in [4.69, 9.17) is 23.7 Å². The fourth-order valence-corrected chi connectivity index (χ4v) is 2.69. The monoisotopic (exact) mass is 386 g/mol. The summed E-state index contributed by atoms with van der Waals surface area (Å²) in [6.45, 7) is 4.05. The number of carbonyl (C=O) groups is 1. The van der Waals surface area contributed by atoms with E-state index >= 15 is 0 Å². The number of hydrazine groups is 1. The molecule has 2 aromatic carbocycles. The summed E-state index contributed by atoms with van der Waals surface area (Å²) in [7, 11) is 4.58. The van der Waals surface area contributed by atoms with Crippen LogP contribution in [0.2, 0.25) is 0 Å². The Morgan fingerprint density at radius 3 is 2.29 bits per heavy atom. The van der Waals surface area contributed by atoms with E-state index in [1.165, 1.54) is 21.3 Å². The number of ether oxygens (including phenoxy) is 5. The third-order valence-electron chi connectivity index (χ3n) is 4.15. The van der Waals surface area contributed by atoms with Crippen LogP contribution < -0.4 is 34.5 Å². The molecule has 8 nitrogen and oxygen atoms in total. The van der Waals surface area contributed by atoms with Crippen molar-refractivity contribution in [3.8, 4) is 28.7 Å². The third-order valence-corrected chi connectivity index (χ3v) is 4.15. The van der Waals surface area contributed by atoms with Gasteiger partial charge in [0.05, 0.1) is 27.0 Å². The number of para-hydroxylation sites is 2. The lowest BCUT2D eigenvalue weighted by molar-refractivity contribution is -0.131. The molecule has 28 heavy (non-hydrogen) atoms. The van der Waals surface area contributed by atoms with Gasteiger partial charge in [0.2, 0.25) is 11.9 Å². The van der Waals surface area contributed by atoms with E-state index in [1.54, 1.807) is 24.3 Å². The molecule has 8 heteroatoms. The van der Waals surface area contributed by atoms with Crippen molar-refractivity contribution in [1.82, 2.24) is 10.9 Å². The van der Waals surface area contributed by atoms with Crippen LogP contribution in [0.5, 0.6) is 28.7 Å². The normalized spacial score (nSPS) is 14.6. The Morgan fingerprint density at radius 2 is 1.68 bits per heavy atom. The number of rotatable bonds is 7. The molecule has 0 saturated carbocycles. The molecule has 1 heterocycles. The smallest absolute Gasteiger partial charge is 0.282 e. The summed E-state index contributed by atoms with van der Waals surface area (Å²) in [4.78, 5) is 12.4. The molecule has 2 aromatic rings. The molecule has 0 spiro atoms. The molecule has 0 saturated heterocycles. The SMILES string of the molecule is C=C(NNC(=O)[C@@H]1COc2ccccc2O1)c1cc(OC)c(OC)c(OC)c1. The first-order valence-corrected chi connectivity index (χ1v) is 8.51. The largest absolute Gasteiger partial charge is 0.493 e. The summed E-state index contributed by atoms with van der Waals surface area (Å²) in [6, 6.07) is 10.6. The minimum Gasteiger partial charge on any atom is -0.493 e. The van der Waals surface area contributed by atoms with E-state index in [0.717, 1.165) is 0 Å². The Morgan fingerprint density at radius 1 is 1.04 bits per heavy atom. The Hall–Kier alpha value is -3.55. The lowest BCUT2D eigenvalue weighted by atomic mass is 10.1. The Bertz CT molecular complexity index is 858. The first-order chi connectivity index (χ1) is 13.6. The molecule has 1 amide bonds. The van der Waals surface area contributed by atoms with Crippen LogP contribution in [0.1, 0.15) is 5.56 Å². The average molecular weight is 386 g/mol. The molecular formula is C20H22N2O6. The van der Waals surface area contributed by atoms with Crippen molar-refractivity contribution < 1.29 is 28.5 Å². The van der Waals surface area contributed by atoms with Crippen molar-refractivity contribution in [2.24, 2.45) is 0 Å². The maximum Gasteiger partial charge on any atom is 0.282 e. The molecule has 1 atom stereocenters. The number of amides is 1. The maximum atomic E-state index is 12.4. The minimum absolute atomic E-state index is 0.112. The molecule has 3 rings (SSSR count). The number of hydrogen-bond acceptors (Lipinski definition) is 7. The zero-order valence-electron chi connectivity index (χ0n) is 15.9. The summed E-state index contributed by atoms with van der Waals surface area (Å²) < 4.78 is 27.2. The van der Waals surface area contributed by atoms with Crippen LogP contribution in [0.15, 0.2) is 43.0 Å². The first-order valence-electron chi connectivity index (χ1n) is 8.51. The summed E-state index contributed by atoms with van der Waals surface area (Å²) in [5.41, 5.74) is 6.45. The summed E-state index contributed by atoms with van der Waals surface area (Å²) >= 11 is 0. The van der Waals surface area contributed by atoms with Gasteiger partial charge in [0.1, 0.15) is 6.61 Å². The van der Waals surface area contributed by atoms with E-state index in [1.807, 2.05) is 12.1 Å². The lowest BCUT2D eigenvalue weighted by Gasteiger charge is -2.26. The van der Waals surface area contributed by atoms with E-state index in [2.05, 4.69) is 17.4 Å². The van der Waals surface area contributed by atoms with Crippen LogP contribution >= 0.6 is 0 Å². The molecular weight excluding hydrogens is 364 g/mol. The molecule has 0 unspecified atom stereocenters. The minimum atomic E-state index is -0.782. The topological polar surface area (TPSA) is 87.3 Å². The fraction of sp³-hybridized carbons (Fsp3) is 0.250. The van der Waals surface area contributed by atoms with E-state index < -0.39 is 6.10 Å². The molecule has 1 aliphatic rings. The standard InChI is InChI=1S/C20H22N2O6/c1-12(13-9-16(24-2)19(26-4)17(10-13)25-3)21-22-20(23)18-11-27-14-7-5-6-8-15(14)28-18/h5-10,18,21H,1,11H2,2-4H3,(H,22,23)/t18-/m0/s1. The van der Waals surface area contributed by atoms with E-state index in [-0.39, 0.29) is 12.5 Å². The molecule has 0 bridgehead atoms. The molecule has 148 valence electrons. The molecule has 0 aromatic heterocycles. The van der Waals surface area contributed by atoms with Gasteiger partial charge in [0.25, 0.3) is 5.91 Å². The summed E-state index contributed by atoms with van der Waals surface area (Å²) in [6.07, 6.45) is -0.782. The Balaban J connectivity index is 1.65. The van der Waals surface area contributed by atoms with Crippen LogP contribution in [0.3, 0.4) is 0 Å². The summed E-state index contributed by atoms with van der Waals surface area (Å²) in [5, 5.41) is 0. The van der Waals surface area contributed by atoms with Gasteiger partial charge in [-0.05, 0) is 24.3 Å². The first kappa shape index (κ1) is 19.2. The van der Waals surface area contributed by atoms with Gasteiger partial charge in [-0.15, -0.1) is 0 Å². The Labute approximate surface area is 163 Å². The van der Waals surface area contributed by atoms with E-state index in [9.17, 15) is 4.79 Å². The van der Waals surface area contributed by atoms with Gasteiger partial charge in [0, 0.05) is 5.56 Å². The fourth-order valence-electron chi connectivity index (χ4n) is 2.69. The predicted octanol–water partition coefficient (Wildman–Crippen LogP) is 2.14. The average Bonchev–Trinajstić information content (AvgIpc) is 2.75. The van der Waals surface area contributed by atoms with Crippen LogP contribution in [-0.4, -0.2) is 39.9 Å². The predicted molar refractivity (Wildman–Crippen MR) is 103 cm³/mol. The highest BCUT2D eigenvalue weighted by molar-refractivity contribution is 5.82. The number of methoxy groups -OCH3 is 3. The number of carbonyl (C=O) groups excluding carboxylic acids is 1.